The Hall–Kier alpha value is -1.42. The monoisotopic (exact) mass is 263 g/mol. The van der Waals surface area contributed by atoms with Crippen molar-refractivity contribution in [1.29, 1.82) is 0 Å². The van der Waals surface area contributed by atoms with Crippen LogP contribution in [0.3, 0.4) is 0 Å². The van der Waals surface area contributed by atoms with Crippen molar-refractivity contribution in [2.45, 2.75) is 33.1 Å². The number of carboxylic acid groups (broad SMARTS) is 1. The molecular formula is C14H17NO2S. The molecule has 2 aromatic rings. The molecule has 1 N–H and O–H groups in total. The molecule has 1 unspecified atom stereocenters. The van der Waals surface area contributed by atoms with Crippen LogP contribution in [-0.4, -0.2) is 16.1 Å². The Morgan fingerprint density at radius 3 is 2.72 bits per heavy atom. The van der Waals surface area contributed by atoms with Crippen LogP contribution in [0.5, 0.6) is 0 Å². The van der Waals surface area contributed by atoms with Crippen molar-refractivity contribution in [1.82, 2.24) is 4.98 Å². The zero-order chi connectivity index (χ0) is 13.3. The van der Waals surface area contributed by atoms with Gasteiger partial charge in [0.25, 0.3) is 0 Å². The van der Waals surface area contributed by atoms with E-state index in [0.29, 0.717) is 12.3 Å². The highest BCUT2D eigenvalue weighted by molar-refractivity contribution is 7.18. The molecule has 0 saturated carbocycles. The number of hydrogen-bond donors (Lipinski definition) is 1. The number of fused-ring (bicyclic) bond motifs is 1. The van der Waals surface area contributed by atoms with Crippen molar-refractivity contribution < 1.29 is 9.90 Å². The Bertz CT molecular complexity index is 574. The number of nitrogens with zero attached hydrogens (tertiary/aromatic N) is 1. The lowest BCUT2D eigenvalue weighted by Gasteiger charge is -2.05. The van der Waals surface area contributed by atoms with Gasteiger partial charge in [0.2, 0.25) is 0 Å². The number of hydrogen-bond acceptors (Lipinski definition) is 3. The Kier molecular flexibility index (Phi) is 3.66. The fourth-order valence-corrected chi connectivity index (χ4v) is 2.84. The van der Waals surface area contributed by atoms with Gasteiger partial charge in [0.05, 0.1) is 21.1 Å². The van der Waals surface area contributed by atoms with Crippen LogP contribution in [0.1, 0.15) is 37.3 Å². The summed E-state index contributed by atoms with van der Waals surface area (Å²) >= 11 is 1.70. The number of thiazole rings is 1. The third kappa shape index (κ3) is 2.70. The summed E-state index contributed by atoms with van der Waals surface area (Å²) in [6, 6.07) is 6.03. The van der Waals surface area contributed by atoms with Crippen molar-refractivity contribution in [3.05, 3.63) is 28.8 Å². The van der Waals surface area contributed by atoms with Crippen LogP contribution in [-0.2, 0) is 11.2 Å². The number of carbonyl (C=O) groups is 1. The van der Waals surface area contributed by atoms with Crippen molar-refractivity contribution in [3.63, 3.8) is 0 Å². The van der Waals surface area contributed by atoms with Crippen LogP contribution < -0.4 is 0 Å². The van der Waals surface area contributed by atoms with E-state index in [4.69, 9.17) is 5.11 Å². The molecule has 3 nitrogen and oxygen atoms in total. The van der Waals surface area contributed by atoms with E-state index in [-0.39, 0.29) is 5.92 Å². The maximum absolute atomic E-state index is 10.9. The van der Waals surface area contributed by atoms with Crippen LogP contribution in [0.25, 0.3) is 10.2 Å². The molecule has 0 radical (unpaired) electrons. The first-order chi connectivity index (χ1) is 8.47. The fourth-order valence-electron chi connectivity index (χ4n) is 1.80. The third-order valence-corrected chi connectivity index (χ3v) is 4.25. The zero-order valence-electron chi connectivity index (χ0n) is 10.8. The predicted molar refractivity (Wildman–Crippen MR) is 74.2 cm³/mol. The Morgan fingerprint density at radius 1 is 1.39 bits per heavy atom. The van der Waals surface area contributed by atoms with E-state index >= 15 is 0 Å². The van der Waals surface area contributed by atoms with Gasteiger partial charge >= 0.3 is 5.97 Å². The van der Waals surface area contributed by atoms with Gasteiger partial charge in [-0.25, -0.2) is 4.98 Å². The Balaban J connectivity index is 2.29. The fraction of sp³-hybridized carbons (Fsp3) is 0.429. The molecule has 0 amide bonds. The van der Waals surface area contributed by atoms with E-state index in [2.05, 4.69) is 24.9 Å². The van der Waals surface area contributed by atoms with Gasteiger partial charge in [-0.15, -0.1) is 11.3 Å². The standard InChI is InChI=1S/C14H17NO2S/c1-8(2)13-15-11-5-4-10(7-12(11)18-13)6-9(3)14(16)17/h4-5,7-9H,6H2,1-3H3,(H,16,17). The summed E-state index contributed by atoms with van der Waals surface area (Å²) in [5.41, 5.74) is 2.08. The van der Waals surface area contributed by atoms with Crippen LogP contribution in [0, 0.1) is 5.92 Å². The summed E-state index contributed by atoms with van der Waals surface area (Å²) in [7, 11) is 0. The second kappa shape index (κ2) is 5.06. The van der Waals surface area contributed by atoms with Gasteiger partial charge in [0.1, 0.15) is 0 Å². The van der Waals surface area contributed by atoms with Gasteiger partial charge in [0.15, 0.2) is 0 Å². The molecule has 1 heterocycles. The number of carboxylic acids is 1. The molecule has 0 bridgehead atoms. The minimum absolute atomic E-state index is 0.347. The Labute approximate surface area is 110 Å². The average Bonchev–Trinajstić information content (AvgIpc) is 2.71. The van der Waals surface area contributed by atoms with E-state index in [1.807, 2.05) is 12.1 Å². The van der Waals surface area contributed by atoms with Crippen molar-refractivity contribution in [2.75, 3.05) is 0 Å². The minimum atomic E-state index is -0.748. The summed E-state index contributed by atoms with van der Waals surface area (Å²) in [6.45, 7) is 6.00. The van der Waals surface area contributed by atoms with Gasteiger partial charge < -0.3 is 5.11 Å². The van der Waals surface area contributed by atoms with Crippen LogP contribution in [0.15, 0.2) is 18.2 Å². The number of aliphatic carboxylic acids is 1. The average molecular weight is 263 g/mol. The largest absolute Gasteiger partial charge is 0.481 e. The van der Waals surface area contributed by atoms with Gasteiger partial charge in [-0.05, 0) is 24.1 Å². The zero-order valence-corrected chi connectivity index (χ0v) is 11.6. The lowest BCUT2D eigenvalue weighted by Crippen LogP contribution is -2.12. The smallest absolute Gasteiger partial charge is 0.306 e. The summed E-state index contributed by atoms with van der Waals surface area (Å²) < 4.78 is 1.15. The second-order valence-corrected chi connectivity index (χ2v) is 6.01. The molecule has 1 atom stereocenters. The maximum Gasteiger partial charge on any atom is 0.306 e. The second-order valence-electron chi connectivity index (χ2n) is 4.95. The molecule has 2 rings (SSSR count). The van der Waals surface area contributed by atoms with Crippen LogP contribution in [0.4, 0.5) is 0 Å². The van der Waals surface area contributed by atoms with Gasteiger partial charge in [0, 0.05) is 5.92 Å². The molecular weight excluding hydrogens is 246 g/mol. The van der Waals surface area contributed by atoms with Crippen LogP contribution in [0.2, 0.25) is 0 Å². The molecule has 4 heteroatoms. The van der Waals surface area contributed by atoms with E-state index in [1.54, 1.807) is 18.3 Å². The van der Waals surface area contributed by atoms with E-state index < -0.39 is 5.97 Å². The lowest BCUT2D eigenvalue weighted by molar-refractivity contribution is -0.141. The first kappa shape index (κ1) is 13.0. The number of rotatable bonds is 4. The quantitative estimate of drug-likeness (QED) is 0.915. The molecule has 0 saturated heterocycles. The van der Waals surface area contributed by atoms with Gasteiger partial charge in [-0.2, -0.15) is 0 Å². The van der Waals surface area contributed by atoms with Crippen molar-refractivity contribution >= 4 is 27.5 Å². The number of benzene rings is 1. The van der Waals surface area contributed by atoms with Crippen molar-refractivity contribution in [2.24, 2.45) is 5.92 Å². The highest BCUT2D eigenvalue weighted by Gasteiger charge is 2.13. The minimum Gasteiger partial charge on any atom is -0.481 e. The number of aromatic nitrogens is 1. The molecule has 0 aliphatic heterocycles. The molecule has 0 aliphatic rings. The maximum atomic E-state index is 10.9. The van der Waals surface area contributed by atoms with Gasteiger partial charge in [-0.1, -0.05) is 26.8 Å². The van der Waals surface area contributed by atoms with E-state index in [0.717, 1.165) is 20.8 Å². The molecule has 1 aromatic heterocycles. The SMILES string of the molecule is CC(Cc1ccc2nc(C(C)C)sc2c1)C(=O)O. The highest BCUT2D eigenvalue weighted by atomic mass is 32.1. The van der Waals surface area contributed by atoms with Crippen molar-refractivity contribution in [3.8, 4) is 0 Å². The van der Waals surface area contributed by atoms with Crippen LogP contribution >= 0.6 is 11.3 Å². The molecule has 1 aromatic carbocycles. The third-order valence-electron chi connectivity index (χ3n) is 2.93. The summed E-state index contributed by atoms with van der Waals surface area (Å²) in [6.07, 6.45) is 0.570. The lowest BCUT2D eigenvalue weighted by atomic mass is 10.0. The van der Waals surface area contributed by atoms with E-state index in [1.165, 1.54) is 0 Å². The first-order valence-corrected chi connectivity index (χ1v) is 6.91. The molecule has 0 spiro atoms. The Morgan fingerprint density at radius 2 is 2.11 bits per heavy atom. The van der Waals surface area contributed by atoms with Gasteiger partial charge in [-0.3, -0.25) is 4.79 Å². The first-order valence-electron chi connectivity index (χ1n) is 6.09. The highest BCUT2D eigenvalue weighted by Crippen LogP contribution is 2.28. The molecule has 96 valence electrons. The molecule has 0 aliphatic carbocycles. The van der Waals surface area contributed by atoms with E-state index in [9.17, 15) is 4.79 Å². The summed E-state index contributed by atoms with van der Waals surface area (Å²) in [5.74, 6) is -0.661. The molecule has 18 heavy (non-hydrogen) atoms. The predicted octanol–water partition coefficient (Wildman–Crippen LogP) is 3.68. The topological polar surface area (TPSA) is 50.2 Å². The normalized spacial score (nSPS) is 13.1. The summed E-state index contributed by atoms with van der Waals surface area (Å²) in [4.78, 5) is 15.4. The molecule has 0 fully saturated rings. The summed E-state index contributed by atoms with van der Waals surface area (Å²) in [5, 5.41) is 10.1.